The van der Waals surface area contributed by atoms with Crippen LogP contribution in [0, 0.1) is 0 Å². The smallest absolute Gasteiger partial charge is 0.211 e. The van der Waals surface area contributed by atoms with Gasteiger partial charge in [0, 0.05) is 6.04 Å². The lowest BCUT2D eigenvalue weighted by atomic mass is 10.1. The van der Waals surface area contributed by atoms with Gasteiger partial charge in [-0.05, 0) is 47.0 Å². The number of rotatable bonds is 17. The fourth-order valence-corrected chi connectivity index (χ4v) is 4.98. The van der Waals surface area contributed by atoms with E-state index in [1.165, 1.54) is 25.7 Å². The van der Waals surface area contributed by atoms with Crippen LogP contribution in [-0.2, 0) is 10.0 Å². The van der Waals surface area contributed by atoms with Gasteiger partial charge in [-0.1, -0.05) is 45.4 Å². The second-order valence-electron chi connectivity index (χ2n) is 7.62. The molecule has 0 radical (unpaired) electrons. The van der Waals surface area contributed by atoms with Crippen LogP contribution in [0.1, 0.15) is 92.4 Å². The van der Waals surface area contributed by atoms with E-state index in [1.54, 1.807) is 0 Å². The largest absolute Gasteiger partial charge is 0.324 e. The molecule has 0 aliphatic rings. The summed E-state index contributed by atoms with van der Waals surface area (Å²) in [5, 5.41) is 0. The normalized spacial score (nSPS) is 14.0. The van der Waals surface area contributed by atoms with Crippen molar-refractivity contribution in [2.45, 2.75) is 98.4 Å². The molecule has 5 heteroatoms. The Kier molecular flexibility index (Phi) is 13.9. The number of unbranched alkanes of at least 4 members (excludes halogenated alkanes) is 6. The summed E-state index contributed by atoms with van der Waals surface area (Å²) in [6.45, 7) is 15.6. The van der Waals surface area contributed by atoms with E-state index in [9.17, 15) is 8.42 Å². The zero-order valence-electron chi connectivity index (χ0n) is 17.6. The third kappa shape index (κ3) is 12.0. The Morgan fingerprint density at radius 1 is 0.800 bits per heavy atom. The van der Waals surface area contributed by atoms with Crippen LogP contribution in [-0.4, -0.2) is 50.9 Å². The second-order valence-corrected chi connectivity index (χ2v) is 9.49. The summed E-state index contributed by atoms with van der Waals surface area (Å²) in [6.07, 6.45) is 10.1. The van der Waals surface area contributed by atoms with Crippen LogP contribution in [0.25, 0.3) is 0 Å². The van der Waals surface area contributed by atoms with E-state index in [0.717, 1.165) is 62.8 Å². The molecule has 0 aromatic heterocycles. The van der Waals surface area contributed by atoms with E-state index < -0.39 is 10.0 Å². The first kappa shape index (κ1) is 24.9. The number of nitrogens with one attached hydrogen (secondary N) is 1. The summed E-state index contributed by atoms with van der Waals surface area (Å²) in [6, 6.07) is 0.0435. The van der Waals surface area contributed by atoms with Crippen molar-refractivity contribution < 1.29 is 12.9 Å². The van der Waals surface area contributed by atoms with Crippen molar-refractivity contribution in [3.05, 3.63) is 0 Å². The Morgan fingerprint density at radius 2 is 1.32 bits per heavy atom. The van der Waals surface area contributed by atoms with E-state index in [1.807, 2.05) is 6.92 Å². The van der Waals surface area contributed by atoms with Crippen molar-refractivity contribution in [3.8, 4) is 0 Å². The monoisotopic (exact) mass is 377 g/mol. The third-order valence-electron chi connectivity index (χ3n) is 5.68. The van der Waals surface area contributed by atoms with Crippen LogP contribution < -0.4 is 4.72 Å². The molecule has 1 N–H and O–H groups in total. The van der Waals surface area contributed by atoms with Crippen LogP contribution >= 0.6 is 0 Å². The predicted octanol–water partition coefficient (Wildman–Crippen LogP) is 4.70. The molecule has 152 valence electrons. The minimum Gasteiger partial charge on any atom is -0.324 e. The average Bonchev–Trinajstić information content (AvgIpc) is 2.58. The van der Waals surface area contributed by atoms with Gasteiger partial charge in [-0.3, -0.25) is 0 Å². The van der Waals surface area contributed by atoms with E-state index in [-0.39, 0.29) is 11.8 Å². The molecular weight excluding hydrogens is 332 g/mol. The van der Waals surface area contributed by atoms with Gasteiger partial charge in [0.2, 0.25) is 10.0 Å². The molecule has 0 saturated carbocycles. The maximum absolute atomic E-state index is 12.2. The van der Waals surface area contributed by atoms with Crippen molar-refractivity contribution in [1.29, 1.82) is 0 Å². The van der Waals surface area contributed by atoms with Crippen LogP contribution in [0.3, 0.4) is 0 Å². The summed E-state index contributed by atoms with van der Waals surface area (Å²) >= 11 is 0. The molecular formula is C20H45N2O2S+. The maximum Gasteiger partial charge on any atom is 0.211 e. The van der Waals surface area contributed by atoms with Crippen molar-refractivity contribution in [2.75, 3.05) is 31.9 Å². The van der Waals surface area contributed by atoms with Crippen LogP contribution in [0.15, 0.2) is 0 Å². The molecule has 0 heterocycles. The quantitative estimate of drug-likeness (QED) is 0.295. The summed E-state index contributed by atoms with van der Waals surface area (Å²) in [5.74, 6) is 0.282. The lowest BCUT2D eigenvalue weighted by molar-refractivity contribution is -0.923. The van der Waals surface area contributed by atoms with E-state index in [0.29, 0.717) is 0 Å². The second kappa shape index (κ2) is 14.0. The Bertz CT molecular complexity index is 398. The van der Waals surface area contributed by atoms with Gasteiger partial charge in [-0.25, -0.2) is 13.1 Å². The fourth-order valence-electron chi connectivity index (χ4n) is 3.55. The molecule has 0 aliphatic heterocycles. The molecule has 0 amide bonds. The number of nitrogens with zero attached hydrogens (tertiary/aromatic N) is 1. The average molecular weight is 378 g/mol. The van der Waals surface area contributed by atoms with Crippen LogP contribution in [0.2, 0.25) is 0 Å². The summed E-state index contributed by atoms with van der Waals surface area (Å²) < 4.78 is 28.4. The molecule has 4 nitrogen and oxygen atoms in total. The van der Waals surface area contributed by atoms with Crippen LogP contribution in [0.5, 0.6) is 0 Å². The molecule has 0 rings (SSSR count). The van der Waals surface area contributed by atoms with Gasteiger partial charge in [-0.2, -0.15) is 0 Å². The van der Waals surface area contributed by atoms with Crippen molar-refractivity contribution in [2.24, 2.45) is 0 Å². The van der Waals surface area contributed by atoms with Gasteiger partial charge in [0.1, 0.15) is 0 Å². The first-order valence-corrected chi connectivity index (χ1v) is 12.3. The first-order chi connectivity index (χ1) is 11.8. The van der Waals surface area contributed by atoms with Crippen molar-refractivity contribution >= 4 is 10.0 Å². The fraction of sp³-hybridized carbons (Fsp3) is 1.00. The molecule has 0 saturated heterocycles. The third-order valence-corrected chi connectivity index (χ3v) is 7.27. The molecule has 0 fully saturated rings. The lowest BCUT2D eigenvalue weighted by Gasteiger charge is -2.36. The van der Waals surface area contributed by atoms with Crippen molar-refractivity contribution in [3.63, 3.8) is 0 Å². The molecule has 1 atom stereocenters. The number of hydrogen-bond donors (Lipinski definition) is 1. The Balaban J connectivity index is 3.97. The first-order valence-electron chi connectivity index (χ1n) is 10.7. The SMILES string of the molecule is CCCCCCCCCS(=O)(=O)NC(C)CCC[N+](CC)(CC)CC. The van der Waals surface area contributed by atoms with Gasteiger partial charge in [0.25, 0.3) is 0 Å². The number of quaternary nitrogens is 1. The van der Waals surface area contributed by atoms with Gasteiger partial charge in [-0.15, -0.1) is 0 Å². The minimum atomic E-state index is -3.12. The molecule has 0 aliphatic carbocycles. The molecule has 25 heavy (non-hydrogen) atoms. The van der Waals surface area contributed by atoms with Gasteiger partial charge < -0.3 is 4.48 Å². The summed E-state index contributed by atoms with van der Waals surface area (Å²) in [4.78, 5) is 0. The molecule has 0 spiro atoms. The standard InChI is InChI=1S/C20H45N2O2S/c1-6-10-11-12-13-14-15-19-25(23,24)21-20(5)17-16-18-22(7-2,8-3)9-4/h20-21H,6-19H2,1-5H3/q+1. The topological polar surface area (TPSA) is 46.2 Å². The zero-order valence-corrected chi connectivity index (χ0v) is 18.5. The molecule has 1 unspecified atom stereocenters. The number of sulfonamides is 1. The van der Waals surface area contributed by atoms with Crippen molar-refractivity contribution in [1.82, 2.24) is 4.72 Å². The highest BCUT2D eigenvalue weighted by Crippen LogP contribution is 2.11. The Hall–Kier alpha value is -0.130. The molecule has 0 aromatic rings. The lowest BCUT2D eigenvalue weighted by Crippen LogP contribution is -2.48. The zero-order chi connectivity index (χ0) is 19.2. The minimum absolute atomic E-state index is 0.0435. The molecule has 0 bridgehead atoms. The summed E-state index contributed by atoms with van der Waals surface area (Å²) in [5.41, 5.74) is 0. The van der Waals surface area contributed by atoms with Crippen LogP contribution in [0.4, 0.5) is 0 Å². The Morgan fingerprint density at radius 3 is 1.84 bits per heavy atom. The highest BCUT2D eigenvalue weighted by Gasteiger charge is 2.21. The summed E-state index contributed by atoms with van der Waals surface area (Å²) in [7, 11) is -3.12. The van der Waals surface area contributed by atoms with Gasteiger partial charge in [0.15, 0.2) is 0 Å². The van der Waals surface area contributed by atoms with E-state index in [2.05, 4.69) is 32.4 Å². The Labute approximate surface area is 158 Å². The predicted molar refractivity (Wildman–Crippen MR) is 110 cm³/mol. The van der Waals surface area contributed by atoms with Gasteiger partial charge in [0.05, 0.1) is 31.9 Å². The van der Waals surface area contributed by atoms with Gasteiger partial charge >= 0.3 is 0 Å². The van der Waals surface area contributed by atoms with E-state index >= 15 is 0 Å². The highest BCUT2D eigenvalue weighted by atomic mass is 32.2. The molecule has 0 aromatic carbocycles. The highest BCUT2D eigenvalue weighted by molar-refractivity contribution is 7.89. The maximum atomic E-state index is 12.2. The number of hydrogen-bond acceptors (Lipinski definition) is 2. The van der Waals surface area contributed by atoms with E-state index in [4.69, 9.17) is 0 Å².